The van der Waals surface area contributed by atoms with E-state index < -0.39 is 17.5 Å². The van der Waals surface area contributed by atoms with Crippen molar-refractivity contribution < 1.29 is 19.4 Å². The lowest BCUT2D eigenvalue weighted by molar-refractivity contribution is -0.150. The van der Waals surface area contributed by atoms with Crippen LogP contribution in [0, 0.1) is 0 Å². The van der Waals surface area contributed by atoms with Crippen LogP contribution in [0.4, 0.5) is 0 Å². The number of ether oxygens (including phenoxy) is 1. The number of rotatable bonds is 4. The Morgan fingerprint density at radius 3 is 2.31 bits per heavy atom. The van der Waals surface area contributed by atoms with Crippen molar-refractivity contribution in [2.75, 3.05) is 0 Å². The molecule has 0 saturated heterocycles. The van der Waals surface area contributed by atoms with Crippen LogP contribution in [0.15, 0.2) is 12.2 Å². The Kier molecular flexibility index (Phi) is 4.17. The summed E-state index contributed by atoms with van der Waals surface area (Å²) in [6.07, 6.45) is 2.34. The van der Waals surface area contributed by atoms with Gasteiger partial charge in [0.25, 0.3) is 0 Å². The molecule has 0 radical (unpaired) electrons. The quantitative estimate of drug-likeness (QED) is 0.531. The third-order valence-electron chi connectivity index (χ3n) is 1.59. The van der Waals surface area contributed by atoms with Crippen molar-refractivity contribution in [2.45, 2.75) is 32.8 Å². The van der Waals surface area contributed by atoms with Gasteiger partial charge >= 0.3 is 11.9 Å². The lowest BCUT2D eigenvalue weighted by atomic mass is 10.1. The van der Waals surface area contributed by atoms with Gasteiger partial charge in [0, 0.05) is 12.2 Å². The molecule has 0 bridgehead atoms. The first-order chi connectivity index (χ1) is 5.87. The Labute approximate surface area is 77.2 Å². The smallest absolute Gasteiger partial charge is 0.331 e. The van der Waals surface area contributed by atoms with Crippen LogP contribution in [-0.4, -0.2) is 22.6 Å². The highest BCUT2D eigenvalue weighted by Crippen LogP contribution is 2.13. The van der Waals surface area contributed by atoms with Crippen molar-refractivity contribution in [2.24, 2.45) is 0 Å². The second-order valence-corrected chi connectivity index (χ2v) is 3.21. The standard InChI is InChI=1S/C9H14O4/c1-4-9(2,3)13-8(12)6-5-7(10)11/h5-6H,4H2,1-3H3,(H,10,11). The van der Waals surface area contributed by atoms with Gasteiger partial charge in [-0.1, -0.05) is 6.92 Å². The number of hydrogen-bond acceptors (Lipinski definition) is 3. The van der Waals surface area contributed by atoms with Gasteiger partial charge in [-0.05, 0) is 20.3 Å². The van der Waals surface area contributed by atoms with Crippen LogP contribution in [0.1, 0.15) is 27.2 Å². The van der Waals surface area contributed by atoms with E-state index in [1.165, 1.54) is 0 Å². The largest absolute Gasteiger partial charge is 0.478 e. The number of carboxylic acids is 1. The topological polar surface area (TPSA) is 63.6 Å². The highest BCUT2D eigenvalue weighted by molar-refractivity contribution is 5.90. The number of hydrogen-bond donors (Lipinski definition) is 1. The highest BCUT2D eigenvalue weighted by atomic mass is 16.6. The van der Waals surface area contributed by atoms with E-state index in [9.17, 15) is 9.59 Å². The van der Waals surface area contributed by atoms with Crippen molar-refractivity contribution in [3.05, 3.63) is 12.2 Å². The molecule has 0 amide bonds. The van der Waals surface area contributed by atoms with Crippen molar-refractivity contribution >= 4 is 11.9 Å². The fraction of sp³-hybridized carbons (Fsp3) is 0.556. The van der Waals surface area contributed by atoms with E-state index in [0.717, 1.165) is 12.2 Å². The maximum atomic E-state index is 10.9. The van der Waals surface area contributed by atoms with Crippen LogP contribution in [0.2, 0.25) is 0 Å². The monoisotopic (exact) mass is 186 g/mol. The molecule has 0 spiro atoms. The van der Waals surface area contributed by atoms with E-state index in [2.05, 4.69) is 0 Å². The number of aliphatic carboxylic acids is 1. The molecule has 74 valence electrons. The zero-order valence-corrected chi connectivity index (χ0v) is 8.03. The first-order valence-electron chi connectivity index (χ1n) is 4.01. The van der Waals surface area contributed by atoms with Crippen LogP contribution in [-0.2, 0) is 14.3 Å². The van der Waals surface area contributed by atoms with E-state index >= 15 is 0 Å². The molecule has 0 unspecified atom stereocenters. The molecule has 0 heterocycles. The Morgan fingerprint density at radius 1 is 1.38 bits per heavy atom. The molecule has 0 rings (SSSR count). The molecule has 0 fully saturated rings. The Hall–Kier alpha value is -1.32. The fourth-order valence-electron chi connectivity index (χ4n) is 0.518. The first kappa shape index (κ1) is 11.7. The Balaban J connectivity index is 4.09. The molecule has 0 aliphatic heterocycles. The highest BCUT2D eigenvalue weighted by Gasteiger charge is 2.18. The third kappa shape index (κ3) is 5.90. The SMILES string of the molecule is CCC(C)(C)OC(=O)C=CC(=O)O. The predicted octanol–water partition coefficient (Wildman–Crippen LogP) is 1.36. The van der Waals surface area contributed by atoms with Crippen LogP contribution < -0.4 is 0 Å². The van der Waals surface area contributed by atoms with Gasteiger partial charge in [0.2, 0.25) is 0 Å². The van der Waals surface area contributed by atoms with E-state index in [0.29, 0.717) is 6.42 Å². The molecule has 0 aromatic carbocycles. The second kappa shape index (κ2) is 4.64. The summed E-state index contributed by atoms with van der Waals surface area (Å²) in [6.45, 7) is 5.41. The van der Waals surface area contributed by atoms with Gasteiger partial charge in [0.1, 0.15) is 5.60 Å². The van der Waals surface area contributed by atoms with Crippen molar-refractivity contribution in [1.29, 1.82) is 0 Å². The summed E-state index contributed by atoms with van der Waals surface area (Å²) >= 11 is 0. The minimum atomic E-state index is -1.16. The van der Waals surface area contributed by atoms with Gasteiger partial charge in [0.15, 0.2) is 0 Å². The number of esters is 1. The molecule has 4 heteroatoms. The number of carbonyl (C=O) groups is 2. The molecule has 0 saturated carbocycles. The minimum absolute atomic E-state index is 0.542. The van der Waals surface area contributed by atoms with Gasteiger partial charge in [0.05, 0.1) is 0 Å². The summed E-state index contributed by atoms with van der Waals surface area (Å²) in [5.41, 5.74) is -0.542. The van der Waals surface area contributed by atoms with Crippen LogP contribution >= 0.6 is 0 Å². The fourth-order valence-corrected chi connectivity index (χ4v) is 0.518. The van der Waals surface area contributed by atoms with Gasteiger partial charge in [-0.3, -0.25) is 0 Å². The second-order valence-electron chi connectivity index (χ2n) is 3.21. The first-order valence-corrected chi connectivity index (χ1v) is 4.01. The predicted molar refractivity (Wildman–Crippen MR) is 47.2 cm³/mol. The molecular weight excluding hydrogens is 172 g/mol. The summed E-state index contributed by atoms with van der Waals surface area (Å²) in [5.74, 6) is -1.79. The molecule has 13 heavy (non-hydrogen) atoms. The lowest BCUT2D eigenvalue weighted by Gasteiger charge is -2.22. The zero-order chi connectivity index (χ0) is 10.5. The lowest BCUT2D eigenvalue weighted by Crippen LogP contribution is -2.26. The van der Waals surface area contributed by atoms with Crippen LogP contribution in [0.5, 0.6) is 0 Å². The number of carbonyl (C=O) groups excluding carboxylic acids is 1. The van der Waals surface area contributed by atoms with Crippen molar-refractivity contribution in [3.63, 3.8) is 0 Å². The third-order valence-corrected chi connectivity index (χ3v) is 1.59. The maximum Gasteiger partial charge on any atom is 0.331 e. The van der Waals surface area contributed by atoms with E-state index in [-0.39, 0.29) is 0 Å². The molecular formula is C9H14O4. The molecule has 0 atom stereocenters. The molecule has 0 aromatic rings. The molecule has 0 aromatic heterocycles. The average molecular weight is 186 g/mol. The van der Waals surface area contributed by atoms with Gasteiger partial charge in [-0.25, -0.2) is 9.59 Å². The molecule has 0 aliphatic rings. The summed E-state index contributed by atoms with van der Waals surface area (Å²) in [7, 11) is 0. The number of carboxylic acid groups (broad SMARTS) is 1. The summed E-state index contributed by atoms with van der Waals surface area (Å²) in [4.78, 5) is 21.0. The van der Waals surface area contributed by atoms with Crippen molar-refractivity contribution in [3.8, 4) is 0 Å². The Bertz CT molecular complexity index is 228. The van der Waals surface area contributed by atoms with Crippen LogP contribution in [0.25, 0.3) is 0 Å². The average Bonchev–Trinajstić information content (AvgIpc) is 2.00. The molecule has 1 N–H and O–H groups in total. The van der Waals surface area contributed by atoms with Gasteiger partial charge in [-0.2, -0.15) is 0 Å². The molecule has 4 nitrogen and oxygen atoms in total. The van der Waals surface area contributed by atoms with Gasteiger partial charge < -0.3 is 9.84 Å². The minimum Gasteiger partial charge on any atom is -0.478 e. The maximum absolute atomic E-state index is 10.9. The molecule has 0 aliphatic carbocycles. The zero-order valence-electron chi connectivity index (χ0n) is 8.03. The summed E-state index contributed by atoms with van der Waals surface area (Å²) < 4.78 is 4.95. The van der Waals surface area contributed by atoms with E-state index in [1.54, 1.807) is 13.8 Å². The summed E-state index contributed by atoms with van der Waals surface area (Å²) in [5, 5.41) is 8.22. The van der Waals surface area contributed by atoms with E-state index in [1.807, 2.05) is 6.92 Å². The Morgan fingerprint density at radius 2 is 1.92 bits per heavy atom. The van der Waals surface area contributed by atoms with Crippen LogP contribution in [0.3, 0.4) is 0 Å². The normalized spacial score (nSPS) is 11.6. The van der Waals surface area contributed by atoms with Crippen molar-refractivity contribution in [1.82, 2.24) is 0 Å². The van der Waals surface area contributed by atoms with Gasteiger partial charge in [-0.15, -0.1) is 0 Å². The van der Waals surface area contributed by atoms with E-state index in [4.69, 9.17) is 9.84 Å². The summed E-state index contributed by atoms with van der Waals surface area (Å²) in [6, 6.07) is 0.